The van der Waals surface area contributed by atoms with Crippen LogP contribution in [0, 0.1) is 0 Å². The summed E-state index contributed by atoms with van der Waals surface area (Å²) in [6, 6.07) is 66.5. The van der Waals surface area contributed by atoms with Crippen molar-refractivity contribution in [3.05, 3.63) is 193 Å². The third-order valence-corrected chi connectivity index (χ3v) is 13.3. The fourth-order valence-electron chi connectivity index (χ4n) is 10.5. The van der Waals surface area contributed by atoms with Crippen molar-refractivity contribution in [3.63, 3.8) is 0 Å². The first-order valence-electron chi connectivity index (χ1n) is 20.5. The smallest absolute Gasteiger partial charge is 0.143 e. The van der Waals surface area contributed by atoms with Crippen molar-refractivity contribution in [1.29, 1.82) is 0 Å². The van der Waals surface area contributed by atoms with Gasteiger partial charge in [0.15, 0.2) is 0 Å². The second kappa shape index (κ2) is 11.8. The molecule has 0 fully saturated rings. The van der Waals surface area contributed by atoms with Crippen molar-refractivity contribution < 1.29 is 8.83 Å². The van der Waals surface area contributed by atoms with Crippen LogP contribution in [0.5, 0.6) is 0 Å². The quantitative estimate of drug-likeness (QED) is 0.168. The van der Waals surface area contributed by atoms with E-state index in [1.54, 1.807) is 0 Å². The number of hydrogen-bond acceptors (Lipinski definition) is 2. The van der Waals surface area contributed by atoms with Crippen molar-refractivity contribution in [3.8, 4) is 44.5 Å². The minimum atomic E-state index is -0.198. The minimum Gasteiger partial charge on any atom is -0.456 e. The van der Waals surface area contributed by atoms with E-state index >= 15 is 0 Å². The summed E-state index contributed by atoms with van der Waals surface area (Å²) < 4.78 is 13.0. The van der Waals surface area contributed by atoms with Crippen LogP contribution in [-0.4, -0.2) is 0 Å². The van der Waals surface area contributed by atoms with Crippen molar-refractivity contribution in [2.45, 2.75) is 19.3 Å². The highest BCUT2D eigenvalue weighted by molar-refractivity contribution is 6.25. The molecular weight excluding hydrogens is 717 g/mol. The molecule has 1 aliphatic carbocycles. The van der Waals surface area contributed by atoms with Crippen molar-refractivity contribution >= 4 is 76.2 Å². The number of furan rings is 2. The summed E-state index contributed by atoms with van der Waals surface area (Å²) in [5, 5.41) is 11.9. The van der Waals surface area contributed by atoms with E-state index in [1.807, 2.05) is 12.1 Å². The van der Waals surface area contributed by atoms with Gasteiger partial charge >= 0.3 is 0 Å². The summed E-state index contributed by atoms with van der Waals surface area (Å²) in [7, 11) is 0. The molecule has 12 aromatic rings. The first kappa shape index (κ1) is 32.6. The topological polar surface area (TPSA) is 26.3 Å². The van der Waals surface area contributed by atoms with Crippen LogP contribution >= 0.6 is 0 Å². The Labute approximate surface area is 340 Å². The Kier molecular flexibility index (Phi) is 6.54. The molecule has 276 valence electrons. The van der Waals surface area contributed by atoms with Gasteiger partial charge in [0.1, 0.15) is 22.3 Å². The molecule has 0 radical (unpaired) electrons. The average Bonchev–Trinajstić information content (AvgIpc) is 3.93. The molecule has 0 atom stereocenters. The normalized spacial score (nSPS) is 13.4. The van der Waals surface area contributed by atoms with Crippen LogP contribution in [0.2, 0.25) is 0 Å². The van der Waals surface area contributed by atoms with Gasteiger partial charge in [-0.2, -0.15) is 0 Å². The fraction of sp³-hybridized carbons (Fsp3) is 0.0526. The van der Waals surface area contributed by atoms with Gasteiger partial charge in [-0.25, -0.2) is 0 Å². The molecule has 1 aliphatic rings. The number of para-hydroxylation sites is 1. The molecular formula is C57H36O2. The molecule has 2 nitrogen and oxygen atoms in total. The Bertz CT molecular complexity index is 3690. The molecule has 0 saturated carbocycles. The predicted molar refractivity (Wildman–Crippen MR) is 247 cm³/mol. The Morgan fingerprint density at radius 2 is 0.831 bits per heavy atom. The molecule has 0 unspecified atom stereocenters. The summed E-state index contributed by atoms with van der Waals surface area (Å²) >= 11 is 0. The van der Waals surface area contributed by atoms with E-state index in [2.05, 4.69) is 184 Å². The Balaban J connectivity index is 0.920. The molecule has 0 amide bonds. The SMILES string of the molecule is CC1(C)c2cc(-c3ccc4c(c3)oc3ccc5c(ccc6c7ccccc7oc65)c34)ccc2-c2ccc(-c3c4ccccc4c(-c4ccccc4)c4ccccc34)cc21. The molecule has 2 aromatic heterocycles. The maximum absolute atomic E-state index is 6.60. The highest BCUT2D eigenvalue weighted by Gasteiger charge is 2.36. The number of fused-ring (bicyclic) bond motifs is 14. The van der Waals surface area contributed by atoms with Crippen LogP contribution in [0.3, 0.4) is 0 Å². The summed E-state index contributed by atoms with van der Waals surface area (Å²) in [5.74, 6) is 0. The van der Waals surface area contributed by atoms with Crippen LogP contribution in [-0.2, 0) is 5.41 Å². The number of rotatable bonds is 3. The molecule has 0 saturated heterocycles. The molecule has 2 heteroatoms. The van der Waals surface area contributed by atoms with E-state index in [1.165, 1.54) is 71.6 Å². The monoisotopic (exact) mass is 752 g/mol. The first-order valence-corrected chi connectivity index (χ1v) is 20.5. The van der Waals surface area contributed by atoms with Gasteiger partial charge in [0.05, 0.1) is 0 Å². The van der Waals surface area contributed by atoms with Gasteiger partial charge < -0.3 is 8.83 Å². The van der Waals surface area contributed by atoms with E-state index in [-0.39, 0.29) is 5.41 Å². The maximum atomic E-state index is 6.60. The number of benzene rings is 10. The molecule has 10 aromatic carbocycles. The summed E-state index contributed by atoms with van der Waals surface area (Å²) in [6.07, 6.45) is 0. The van der Waals surface area contributed by atoms with Gasteiger partial charge in [-0.1, -0.05) is 147 Å². The predicted octanol–water partition coefficient (Wildman–Crippen LogP) is 16.3. The molecule has 2 heterocycles. The van der Waals surface area contributed by atoms with Gasteiger partial charge in [-0.15, -0.1) is 0 Å². The minimum absolute atomic E-state index is 0.198. The van der Waals surface area contributed by atoms with Crippen LogP contribution in [0.4, 0.5) is 0 Å². The molecule has 59 heavy (non-hydrogen) atoms. The largest absolute Gasteiger partial charge is 0.456 e. The fourth-order valence-corrected chi connectivity index (χ4v) is 10.5. The van der Waals surface area contributed by atoms with Gasteiger partial charge in [-0.05, 0) is 131 Å². The first-order chi connectivity index (χ1) is 29.0. The lowest BCUT2D eigenvalue weighted by molar-refractivity contribution is 0.661. The average molecular weight is 753 g/mol. The van der Waals surface area contributed by atoms with Crippen LogP contribution < -0.4 is 0 Å². The van der Waals surface area contributed by atoms with Gasteiger partial charge in [-0.3, -0.25) is 0 Å². The Morgan fingerprint density at radius 1 is 0.322 bits per heavy atom. The van der Waals surface area contributed by atoms with Crippen LogP contribution in [0.15, 0.2) is 191 Å². The molecule has 0 spiro atoms. The lowest BCUT2D eigenvalue weighted by Gasteiger charge is -2.23. The second-order valence-electron chi connectivity index (χ2n) is 16.7. The van der Waals surface area contributed by atoms with E-state index in [0.29, 0.717) is 0 Å². The highest BCUT2D eigenvalue weighted by atomic mass is 16.3. The van der Waals surface area contributed by atoms with Gasteiger partial charge in [0.2, 0.25) is 0 Å². The van der Waals surface area contributed by atoms with Crippen molar-refractivity contribution in [1.82, 2.24) is 0 Å². The highest BCUT2D eigenvalue weighted by Crippen LogP contribution is 2.52. The number of hydrogen-bond donors (Lipinski definition) is 0. The zero-order chi connectivity index (χ0) is 39.0. The zero-order valence-corrected chi connectivity index (χ0v) is 32.6. The molecule has 0 aliphatic heterocycles. The van der Waals surface area contributed by atoms with Crippen LogP contribution in [0.25, 0.3) is 121 Å². The summed E-state index contributed by atoms with van der Waals surface area (Å²) in [4.78, 5) is 0. The Morgan fingerprint density at radius 3 is 1.54 bits per heavy atom. The zero-order valence-electron chi connectivity index (χ0n) is 32.6. The van der Waals surface area contributed by atoms with E-state index in [4.69, 9.17) is 8.83 Å². The van der Waals surface area contributed by atoms with Gasteiger partial charge in [0, 0.05) is 32.3 Å². The Hall–Kier alpha value is -7.42. The lowest BCUT2D eigenvalue weighted by atomic mass is 9.80. The standard InChI is InChI=1S/C57H36O2/c1-57(2)48-30-34(35-21-25-47-52(32-35)58-51-29-28-46-44(55(47)51)26-27-45-39-14-10-11-19-50(39)59-56(45)46)20-23-37(48)38-24-22-36(31-49(38)57)54-42-17-8-6-15-40(42)53(33-12-4-3-5-13-33)41-16-7-9-18-43(41)54/h3-32H,1-2H3. The van der Waals surface area contributed by atoms with Gasteiger partial charge in [0.25, 0.3) is 0 Å². The van der Waals surface area contributed by atoms with Crippen LogP contribution in [0.1, 0.15) is 25.0 Å². The van der Waals surface area contributed by atoms with E-state index < -0.39 is 0 Å². The van der Waals surface area contributed by atoms with E-state index in [9.17, 15) is 0 Å². The van der Waals surface area contributed by atoms with Crippen molar-refractivity contribution in [2.75, 3.05) is 0 Å². The second-order valence-corrected chi connectivity index (χ2v) is 16.7. The molecule has 0 bridgehead atoms. The summed E-state index contributed by atoms with van der Waals surface area (Å²) in [6.45, 7) is 4.76. The summed E-state index contributed by atoms with van der Waals surface area (Å²) in [5.41, 5.74) is 16.2. The lowest BCUT2D eigenvalue weighted by Crippen LogP contribution is -2.15. The maximum Gasteiger partial charge on any atom is 0.143 e. The van der Waals surface area contributed by atoms with E-state index in [0.717, 1.165) is 60.2 Å². The third-order valence-electron chi connectivity index (χ3n) is 13.3. The molecule has 0 N–H and O–H groups in total. The molecule has 13 rings (SSSR count). The van der Waals surface area contributed by atoms with Crippen molar-refractivity contribution in [2.24, 2.45) is 0 Å². The third kappa shape index (κ3) is 4.52.